The number of nitrogens with one attached hydrogen (secondary N) is 1. The monoisotopic (exact) mass is 363 g/mol. The minimum absolute atomic E-state index is 0.167. The fraction of sp³-hybridized carbons (Fsp3) is 0.150. The van der Waals surface area contributed by atoms with Crippen LogP contribution < -0.4 is 10.9 Å². The molecule has 1 aromatic carbocycles. The molecule has 0 aliphatic rings. The van der Waals surface area contributed by atoms with E-state index in [1.54, 1.807) is 23.1 Å². The standard InChI is InChI=1S/C20H18FN5O/c1-13(2)26-18-11-19(22-12-14(18)10-17(21)20(26)27)24-15-4-6-16(7-5-15)25-9-3-8-23-25/h3-13H,1-2H3,(H,22,24). The van der Waals surface area contributed by atoms with Gasteiger partial charge in [0.25, 0.3) is 5.56 Å². The smallest absolute Gasteiger partial charge is 0.287 e. The van der Waals surface area contributed by atoms with E-state index in [0.29, 0.717) is 16.7 Å². The zero-order valence-corrected chi connectivity index (χ0v) is 14.9. The van der Waals surface area contributed by atoms with E-state index in [2.05, 4.69) is 15.4 Å². The highest BCUT2D eigenvalue weighted by molar-refractivity contribution is 5.81. The van der Waals surface area contributed by atoms with Crippen LogP contribution in [0.15, 0.2) is 65.8 Å². The summed E-state index contributed by atoms with van der Waals surface area (Å²) in [5.74, 6) is -0.192. The molecule has 3 aromatic heterocycles. The summed E-state index contributed by atoms with van der Waals surface area (Å²) in [7, 11) is 0. The largest absolute Gasteiger partial charge is 0.340 e. The van der Waals surface area contributed by atoms with Crippen LogP contribution in [0.3, 0.4) is 0 Å². The first-order valence-corrected chi connectivity index (χ1v) is 8.61. The number of anilines is 2. The topological polar surface area (TPSA) is 64.7 Å². The SMILES string of the molecule is CC(C)n1c(=O)c(F)cc2cnc(Nc3ccc(-n4cccn4)cc3)cc21. The van der Waals surface area contributed by atoms with Crippen molar-refractivity contribution in [2.75, 3.05) is 5.32 Å². The van der Waals surface area contributed by atoms with Gasteiger partial charge in [-0.3, -0.25) is 4.79 Å². The molecule has 0 aliphatic heterocycles. The van der Waals surface area contributed by atoms with E-state index in [-0.39, 0.29) is 6.04 Å². The second-order valence-corrected chi connectivity index (χ2v) is 6.51. The van der Waals surface area contributed by atoms with Crippen molar-refractivity contribution in [1.29, 1.82) is 0 Å². The van der Waals surface area contributed by atoms with Gasteiger partial charge in [-0.05, 0) is 50.2 Å². The zero-order valence-electron chi connectivity index (χ0n) is 14.9. The molecule has 0 bridgehead atoms. The van der Waals surface area contributed by atoms with Crippen molar-refractivity contribution < 1.29 is 4.39 Å². The van der Waals surface area contributed by atoms with E-state index in [0.717, 1.165) is 11.4 Å². The molecule has 4 aromatic rings. The summed E-state index contributed by atoms with van der Waals surface area (Å²) < 4.78 is 17.1. The van der Waals surface area contributed by atoms with Crippen LogP contribution in [-0.2, 0) is 0 Å². The van der Waals surface area contributed by atoms with Crippen LogP contribution in [-0.4, -0.2) is 19.3 Å². The Kier molecular flexibility index (Phi) is 4.19. The quantitative estimate of drug-likeness (QED) is 0.594. The summed E-state index contributed by atoms with van der Waals surface area (Å²) in [6.07, 6.45) is 5.16. The molecular formula is C20H18FN5O. The van der Waals surface area contributed by atoms with Crippen molar-refractivity contribution in [3.8, 4) is 5.69 Å². The third-order valence-electron chi connectivity index (χ3n) is 4.30. The molecular weight excluding hydrogens is 345 g/mol. The molecule has 0 atom stereocenters. The van der Waals surface area contributed by atoms with Crippen LogP contribution in [0.4, 0.5) is 15.9 Å². The van der Waals surface area contributed by atoms with E-state index in [1.807, 2.05) is 50.4 Å². The lowest BCUT2D eigenvalue weighted by atomic mass is 10.2. The first kappa shape index (κ1) is 17.0. The number of aromatic nitrogens is 4. The Morgan fingerprint density at radius 3 is 2.59 bits per heavy atom. The Labute approximate surface area is 154 Å². The first-order valence-electron chi connectivity index (χ1n) is 8.61. The van der Waals surface area contributed by atoms with Crippen molar-refractivity contribution in [1.82, 2.24) is 19.3 Å². The second kappa shape index (κ2) is 6.68. The molecule has 0 aliphatic carbocycles. The lowest BCUT2D eigenvalue weighted by Gasteiger charge is -2.15. The summed E-state index contributed by atoms with van der Waals surface area (Å²) in [6, 6.07) is 12.4. The lowest BCUT2D eigenvalue weighted by molar-refractivity contribution is 0.542. The van der Waals surface area contributed by atoms with Crippen LogP contribution in [0.2, 0.25) is 0 Å². The molecule has 0 radical (unpaired) electrons. The van der Waals surface area contributed by atoms with E-state index in [9.17, 15) is 9.18 Å². The molecule has 6 nitrogen and oxygen atoms in total. The third kappa shape index (κ3) is 3.19. The molecule has 0 spiro atoms. The molecule has 3 heterocycles. The van der Waals surface area contributed by atoms with Gasteiger partial charge in [0.05, 0.1) is 11.2 Å². The number of nitrogens with zero attached hydrogens (tertiary/aromatic N) is 4. The predicted molar refractivity (Wildman–Crippen MR) is 103 cm³/mol. The second-order valence-electron chi connectivity index (χ2n) is 6.51. The molecule has 7 heteroatoms. The number of hydrogen-bond acceptors (Lipinski definition) is 4. The zero-order chi connectivity index (χ0) is 19.0. The Morgan fingerprint density at radius 2 is 1.93 bits per heavy atom. The molecule has 0 amide bonds. The normalized spacial score (nSPS) is 11.3. The van der Waals surface area contributed by atoms with Crippen LogP contribution in [0.1, 0.15) is 19.9 Å². The molecule has 0 unspecified atom stereocenters. The van der Waals surface area contributed by atoms with Gasteiger partial charge in [0, 0.05) is 41.8 Å². The maximum Gasteiger partial charge on any atom is 0.287 e. The molecule has 1 N–H and O–H groups in total. The number of pyridine rings is 2. The highest BCUT2D eigenvalue weighted by atomic mass is 19.1. The number of benzene rings is 1. The average molecular weight is 363 g/mol. The molecule has 27 heavy (non-hydrogen) atoms. The van der Waals surface area contributed by atoms with E-state index in [4.69, 9.17) is 0 Å². The van der Waals surface area contributed by atoms with Gasteiger partial charge in [-0.2, -0.15) is 5.10 Å². The maximum absolute atomic E-state index is 13.9. The number of rotatable bonds is 4. The highest BCUT2D eigenvalue weighted by Gasteiger charge is 2.12. The molecule has 0 saturated carbocycles. The van der Waals surface area contributed by atoms with E-state index >= 15 is 0 Å². The number of hydrogen-bond donors (Lipinski definition) is 1. The van der Waals surface area contributed by atoms with E-state index in [1.165, 1.54) is 10.6 Å². The summed E-state index contributed by atoms with van der Waals surface area (Å²) in [5.41, 5.74) is 1.81. The number of fused-ring (bicyclic) bond motifs is 1. The van der Waals surface area contributed by atoms with Crippen LogP contribution in [0.25, 0.3) is 16.6 Å². The summed E-state index contributed by atoms with van der Waals surface area (Å²) in [5, 5.41) is 8.00. The van der Waals surface area contributed by atoms with Crippen LogP contribution >= 0.6 is 0 Å². The van der Waals surface area contributed by atoms with Crippen molar-refractivity contribution in [2.24, 2.45) is 0 Å². The van der Waals surface area contributed by atoms with Crippen LogP contribution in [0.5, 0.6) is 0 Å². The van der Waals surface area contributed by atoms with Gasteiger partial charge in [-0.15, -0.1) is 0 Å². The van der Waals surface area contributed by atoms with Gasteiger partial charge in [0.2, 0.25) is 0 Å². The minimum atomic E-state index is -0.770. The Morgan fingerprint density at radius 1 is 1.15 bits per heavy atom. The van der Waals surface area contributed by atoms with E-state index < -0.39 is 11.4 Å². The van der Waals surface area contributed by atoms with Crippen molar-refractivity contribution in [3.05, 3.63) is 77.2 Å². The fourth-order valence-corrected chi connectivity index (χ4v) is 3.05. The van der Waals surface area contributed by atoms with Gasteiger partial charge in [0.1, 0.15) is 5.82 Å². The van der Waals surface area contributed by atoms with Crippen molar-refractivity contribution in [2.45, 2.75) is 19.9 Å². The molecule has 136 valence electrons. The van der Waals surface area contributed by atoms with Gasteiger partial charge < -0.3 is 9.88 Å². The van der Waals surface area contributed by atoms with Crippen molar-refractivity contribution >= 4 is 22.4 Å². The lowest BCUT2D eigenvalue weighted by Crippen LogP contribution is -2.25. The van der Waals surface area contributed by atoms with Gasteiger partial charge >= 0.3 is 0 Å². The number of halogens is 1. The van der Waals surface area contributed by atoms with Gasteiger partial charge in [0.15, 0.2) is 5.82 Å². The molecule has 0 saturated heterocycles. The van der Waals surface area contributed by atoms with Crippen molar-refractivity contribution in [3.63, 3.8) is 0 Å². The van der Waals surface area contributed by atoms with Gasteiger partial charge in [-0.1, -0.05) is 0 Å². The van der Waals surface area contributed by atoms with Crippen LogP contribution in [0, 0.1) is 5.82 Å². The Balaban J connectivity index is 1.69. The molecule has 0 fully saturated rings. The third-order valence-corrected chi connectivity index (χ3v) is 4.30. The predicted octanol–water partition coefficient (Wildman–Crippen LogP) is 4.05. The minimum Gasteiger partial charge on any atom is -0.340 e. The Bertz CT molecular complexity index is 1150. The molecule has 4 rings (SSSR count). The Hall–Kier alpha value is -3.48. The first-order chi connectivity index (χ1) is 13.0. The maximum atomic E-state index is 13.9. The van der Waals surface area contributed by atoms with Gasteiger partial charge in [-0.25, -0.2) is 14.1 Å². The summed E-state index contributed by atoms with van der Waals surface area (Å²) >= 11 is 0. The highest BCUT2D eigenvalue weighted by Crippen LogP contribution is 2.22. The summed E-state index contributed by atoms with van der Waals surface area (Å²) in [6.45, 7) is 3.70. The fourth-order valence-electron chi connectivity index (χ4n) is 3.05. The average Bonchev–Trinajstić information content (AvgIpc) is 3.18. The summed E-state index contributed by atoms with van der Waals surface area (Å²) in [4.78, 5) is 16.5.